The zero-order valence-electron chi connectivity index (χ0n) is 22.5. The molecule has 2 aromatic carbocycles. The van der Waals surface area contributed by atoms with Gasteiger partial charge in [0.2, 0.25) is 11.8 Å². The van der Waals surface area contributed by atoms with Gasteiger partial charge in [-0.1, -0.05) is 48.0 Å². The standard InChI is InChI=1S/C32H27NO8/c1-16-12-25(35)28-23(29(16)36)14-22-19(10-11-21-27(22)31(38)33(30(21)37)32(39)40-2)26(28)20-9-8-18(13-24(20)34)41-15-17-6-4-3-5-7-17/h3-10,12-13,21-22,26-27,34H,11,14-15H2,1-2H3. The van der Waals surface area contributed by atoms with Crippen LogP contribution in [0.3, 0.4) is 0 Å². The minimum absolute atomic E-state index is 0.0711. The minimum Gasteiger partial charge on any atom is -0.507 e. The third-order valence-corrected chi connectivity index (χ3v) is 8.48. The molecule has 0 saturated carbocycles. The van der Waals surface area contributed by atoms with E-state index in [1.807, 2.05) is 36.4 Å². The first-order valence-electron chi connectivity index (χ1n) is 13.4. The number of methoxy groups -OCH3 is 1. The van der Waals surface area contributed by atoms with E-state index in [2.05, 4.69) is 4.74 Å². The molecular formula is C32H27NO8. The van der Waals surface area contributed by atoms with E-state index in [4.69, 9.17) is 4.74 Å². The predicted molar refractivity (Wildman–Crippen MR) is 144 cm³/mol. The van der Waals surface area contributed by atoms with E-state index >= 15 is 0 Å². The topological polar surface area (TPSA) is 127 Å². The maximum absolute atomic E-state index is 13.5. The normalized spacial score (nSPS) is 25.3. The van der Waals surface area contributed by atoms with Gasteiger partial charge in [-0.05, 0) is 43.4 Å². The van der Waals surface area contributed by atoms with E-state index in [-0.39, 0.29) is 46.9 Å². The fourth-order valence-electron chi connectivity index (χ4n) is 6.61. The van der Waals surface area contributed by atoms with Crippen molar-refractivity contribution in [2.45, 2.75) is 32.3 Å². The van der Waals surface area contributed by atoms with Crippen molar-refractivity contribution in [1.29, 1.82) is 0 Å². The average Bonchev–Trinajstić information content (AvgIpc) is 3.23. The Morgan fingerprint density at radius 2 is 1.78 bits per heavy atom. The van der Waals surface area contributed by atoms with Crippen molar-refractivity contribution in [3.8, 4) is 11.5 Å². The van der Waals surface area contributed by atoms with Gasteiger partial charge >= 0.3 is 6.09 Å². The first-order chi connectivity index (χ1) is 19.7. The Hall–Kier alpha value is -4.79. The lowest BCUT2D eigenvalue weighted by atomic mass is 9.59. The van der Waals surface area contributed by atoms with Crippen molar-refractivity contribution >= 4 is 29.5 Å². The Morgan fingerprint density at radius 3 is 2.49 bits per heavy atom. The van der Waals surface area contributed by atoms with Crippen LogP contribution in [0.15, 0.2) is 83.0 Å². The second-order valence-corrected chi connectivity index (χ2v) is 10.7. The summed E-state index contributed by atoms with van der Waals surface area (Å²) in [5.41, 5.74) is 2.81. The SMILES string of the molecule is COC(=O)N1C(=O)C2CC=C3C(c4ccc(OCc5ccccc5)cc4O)C4=C(CC3C2C1=O)C(=O)C(C)=CC4=O. The van der Waals surface area contributed by atoms with Crippen molar-refractivity contribution in [3.63, 3.8) is 0 Å². The Kier molecular flexibility index (Phi) is 6.44. The molecule has 4 aliphatic rings. The molecule has 1 heterocycles. The lowest BCUT2D eigenvalue weighted by Crippen LogP contribution is -2.40. The second-order valence-electron chi connectivity index (χ2n) is 10.7. The van der Waals surface area contributed by atoms with Crippen LogP contribution in [0.2, 0.25) is 0 Å². The van der Waals surface area contributed by atoms with Crippen molar-refractivity contribution in [3.05, 3.63) is 94.1 Å². The number of allylic oxidation sites excluding steroid dienone is 6. The molecule has 208 valence electrons. The second kappa shape index (κ2) is 9.99. The van der Waals surface area contributed by atoms with Gasteiger partial charge in [-0.2, -0.15) is 4.90 Å². The van der Waals surface area contributed by atoms with E-state index in [1.54, 1.807) is 19.1 Å². The number of ketones is 2. The lowest BCUT2D eigenvalue weighted by Gasteiger charge is -2.42. The van der Waals surface area contributed by atoms with Gasteiger partial charge < -0.3 is 14.6 Å². The Bertz CT molecular complexity index is 1620. The molecular weight excluding hydrogens is 526 g/mol. The van der Waals surface area contributed by atoms with E-state index in [0.717, 1.165) is 12.7 Å². The van der Waals surface area contributed by atoms with Crippen LogP contribution in [-0.2, 0) is 30.5 Å². The number of hydrogen-bond donors (Lipinski definition) is 1. The molecule has 2 aromatic rings. The van der Waals surface area contributed by atoms with Crippen LogP contribution in [0.4, 0.5) is 4.79 Å². The van der Waals surface area contributed by atoms with Crippen molar-refractivity contribution in [1.82, 2.24) is 4.90 Å². The molecule has 6 rings (SSSR count). The number of amides is 3. The molecule has 0 radical (unpaired) electrons. The Labute approximate surface area is 235 Å². The largest absolute Gasteiger partial charge is 0.507 e. The fourth-order valence-corrected chi connectivity index (χ4v) is 6.61. The van der Waals surface area contributed by atoms with Gasteiger partial charge in [0, 0.05) is 34.3 Å². The quantitative estimate of drug-likeness (QED) is 0.340. The summed E-state index contributed by atoms with van der Waals surface area (Å²) in [4.78, 5) is 66.1. The fraction of sp³-hybridized carbons (Fsp3) is 0.281. The summed E-state index contributed by atoms with van der Waals surface area (Å²) in [7, 11) is 1.10. The van der Waals surface area contributed by atoms with Crippen molar-refractivity contribution in [2.75, 3.05) is 7.11 Å². The minimum atomic E-state index is -1.05. The molecule has 3 amide bonds. The van der Waals surface area contributed by atoms with Gasteiger partial charge in [0.25, 0.3) is 0 Å². The number of Topliss-reactive ketones (excluding diaryl/α,β-unsaturated/α-hetero) is 1. The summed E-state index contributed by atoms with van der Waals surface area (Å²) in [5.74, 6) is -4.80. The van der Waals surface area contributed by atoms with Crippen LogP contribution in [-0.4, -0.2) is 46.6 Å². The van der Waals surface area contributed by atoms with Gasteiger partial charge in [-0.25, -0.2) is 4.79 Å². The van der Waals surface area contributed by atoms with E-state index in [0.29, 0.717) is 28.4 Å². The molecule has 1 fully saturated rings. The number of carbonyl (C=O) groups excluding carboxylic acids is 5. The molecule has 1 aliphatic heterocycles. The molecule has 4 atom stereocenters. The number of imide groups is 3. The summed E-state index contributed by atoms with van der Waals surface area (Å²) < 4.78 is 10.5. The monoisotopic (exact) mass is 553 g/mol. The number of carbonyl (C=O) groups is 5. The van der Waals surface area contributed by atoms with Gasteiger partial charge in [-0.3, -0.25) is 19.2 Å². The Balaban J connectivity index is 1.41. The zero-order chi connectivity index (χ0) is 29.0. The third kappa shape index (κ3) is 4.20. The molecule has 9 nitrogen and oxygen atoms in total. The van der Waals surface area contributed by atoms with Crippen molar-refractivity contribution in [2.24, 2.45) is 17.8 Å². The number of nitrogens with zero attached hydrogens (tertiary/aromatic N) is 1. The molecule has 9 heteroatoms. The number of phenolic OH excluding ortho intramolecular Hbond substituents is 1. The first kappa shape index (κ1) is 26.4. The lowest BCUT2D eigenvalue weighted by molar-refractivity contribution is -0.137. The van der Waals surface area contributed by atoms with Crippen LogP contribution in [0.1, 0.15) is 36.8 Å². The molecule has 0 spiro atoms. The smallest absolute Gasteiger partial charge is 0.423 e. The summed E-state index contributed by atoms with van der Waals surface area (Å²) in [6.45, 7) is 1.85. The Morgan fingerprint density at radius 1 is 1.02 bits per heavy atom. The maximum Gasteiger partial charge on any atom is 0.423 e. The zero-order valence-corrected chi connectivity index (χ0v) is 22.5. The number of phenols is 1. The third-order valence-electron chi connectivity index (χ3n) is 8.48. The highest BCUT2D eigenvalue weighted by atomic mass is 16.5. The maximum atomic E-state index is 13.5. The summed E-state index contributed by atoms with van der Waals surface area (Å²) in [5, 5.41) is 11.2. The van der Waals surface area contributed by atoms with Gasteiger partial charge in [-0.15, -0.1) is 0 Å². The molecule has 0 bridgehead atoms. The number of aromatic hydroxyl groups is 1. The first-order valence-corrected chi connectivity index (χ1v) is 13.4. The van der Waals surface area contributed by atoms with E-state index < -0.39 is 41.6 Å². The summed E-state index contributed by atoms with van der Waals surface area (Å²) >= 11 is 0. The molecule has 3 aliphatic carbocycles. The van der Waals surface area contributed by atoms with Crippen LogP contribution in [0.5, 0.6) is 11.5 Å². The highest BCUT2D eigenvalue weighted by Gasteiger charge is 2.58. The van der Waals surface area contributed by atoms with Crippen LogP contribution in [0.25, 0.3) is 0 Å². The summed E-state index contributed by atoms with van der Waals surface area (Å²) in [6.07, 6.45) is 2.31. The summed E-state index contributed by atoms with van der Waals surface area (Å²) in [6, 6.07) is 14.4. The molecule has 0 aromatic heterocycles. The average molecular weight is 554 g/mol. The van der Waals surface area contributed by atoms with Gasteiger partial charge in [0.15, 0.2) is 11.6 Å². The predicted octanol–water partition coefficient (Wildman–Crippen LogP) is 4.17. The number of ether oxygens (including phenoxy) is 2. The highest BCUT2D eigenvalue weighted by Crippen LogP contribution is 2.56. The number of hydrogen-bond acceptors (Lipinski definition) is 8. The van der Waals surface area contributed by atoms with Crippen LogP contribution < -0.4 is 4.74 Å². The number of benzene rings is 2. The van der Waals surface area contributed by atoms with E-state index in [1.165, 1.54) is 12.1 Å². The van der Waals surface area contributed by atoms with Crippen LogP contribution >= 0.6 is 0 Å². The molecule has 41 heavy (non-hydrogen) atoms. The van der Waals surface area contributed by atoms with E-state index in [9.17, 15) is 29.1 Å². The molecule has 4 unspecified atom stereocenters. The molecule has 1 saturated heterocycles. The number of fused-ring (bicyclic) bond motifs is 3. The van der Waals surface area contributed by atoms with Crippen LogP contribution in [0, 0.1) is 17.8 Å². The number of likely N-dealkylation sites (tertiary alicyclic amines) is 1. The van der Waals surface area contributed by atoms with Crippen molar-refractivity contribution < 1.29 is 38.6 Å². The number of rotatable bonds is 4. The van der Waals surface area contributed by atoms with Gasteiger partial charge in [0.05, 0.1) is 18.9 Å². The highest BCUT2D eigenvalue weighted by molar-refractivity contribution is 6.24. The molecule has 1 N–H and O–H groups in total. The van der Waals surface area contributed by atoms with Gasteiger partial charge in [0.1, 0.15) is 18.1 Å².